The monoisotopic (exact) mass is 469 g/mol. The second-order valence-corrected chi connectivity index (χ2v) is 8.50. The molecular weight excluding hydrogens is 446 g/mol. The minimum atomic E-state index is -0.994. The lowest BCUT2D eigenvalue weighted by atomic mass is 10.0. The predicted octanol–water partition coefficient (Wildman–Crippen LogP) is 4.77. The number of carbonyl (C=O) groups is 2. The molecule has 0 saturated carbocycles. The van der Waals surface area contributed by atoms with Gasteiger partial charge in [-0.15, -0.1) is 0 Å². The number of aryl methyl sites for hydroxylation is 1. The van der Waals surface area contributed by atoms with Crippen molar-refractivity contribution in [1.82, 2.24) is 0 Å². The number of likely N-dealkylation sites (N-methyl/N-ethyl adjacent to an activating group) is 1. The first-order valence-corrected chi connectivity index (χ1v) is 11.2. The molecule has 1 atom stereocenters. The summed E-state index contributed by atoms with van der Waals surface area (Å²) in [6.07, 6.45) is -0.994. The largest absolute Gasteiger partial charge is 0.482 e. The van der Waals surface area contributed by atoms with Gasteiger partial charge in [0.05, 0.1) is 11.1 Å². The number of ketones is 1. The van der Waals surface area contributed by atoms with E-state index in [1.165, 1.54) is 4.90 Å². The quantitative estimate of drug-likeness (QED) is 0.391. The molecule has 3 aromatic carbocycles. The Hall–Kier alpha value is -4.39. The molecule has 4 aromatic rings. The van der Waals surface area contributed by atoms with E-state index in [1.54, 1.807) is 56.4 Å². The maximum absolute atomic E-state index is 13.4. The van der Waals surface area contributed by atoms with Crippen molar-refractivity contribution in [2.75, 3.05) is 18.6 Å². The standard InChI is InChI=1S/C28H23NO6/c1-16-8-10-18(11-9-16)27-28(26(32)20-6-4-5-7-22(20)35-27)34-17(2)25(31)19-12-13-23-21(14-19)29(3)24(30)15-33-23/h4-14,17H,15H2,1-3H3. The van der Waals surface area contributed by atoms with Crippen molar-refractivity contribution in [3.8, 4) is 22.8 Å². The van der Waals surface area contributed by atoms with E-state index in [4.69, 9.17) is 13.9 Å². The molecule has 2 heterocycles. The molecule has 1 amide bonds. The van der Waals surface area contributed by atoms with Gasteiger partial charge in [-0.1, -0.05) is 42.0 Å². The summed E-state index contributed by atoms with van der Waals surface area (Å²) >= 11 is 0. The van der Waals surface area contributed by atoms with Crippen LogP contribution in [0.2, 0.25) is 0 Å². The van der Waals surface area contributed by atoms with Gasteiger partial charge in [-0.3, -0.25) is 14.4 Å². The molecule has 176 valence electrons. The number of rotatable bonds is 5. The molecule has 0 spiro atoms. The maximum atomic E-state index is 13.4. The van der Waals surface area contributed by atoms with Gasteiger partial charge >= 0.3 is 0 Å². The van der Waals surface area contributed by atoms with Gasteiger partial charge in [-0.2, -0.15) is 0 Å². The summed E-state index contributed by atoms with van der Waals surface area (Å²) in [4.78, 5) is 40.1. The molecule has 0 saturated heterocycles. The van der Waals surface area contributed by atoms with Crippen LogP contribution >= 0.6 is 0 Å². The highest BCUT2D eigenvalue weighted by Gasteiger charge is 2.27. The molecule has 0 N–H and O–H groups in total. The van der Waals surface area contributed by atoms with E-state index in [9.17, 15) is 14.4 Å². The smallest absolute Gasteiger partial charge is 0.264 e. The number of nitrogens with zero attached hydrogens (tertiary/aromatic N) is 1. The van der Waals surface area contributed by atoms with Crippen LogP contribution in [0, 0.1) is 6.92 Å². The minimum absolute atomic E-state index is 0.0259. The highest BCUT2D eigenvalue weighted by atomic mass is 16.5. The Labute approximate surface area is 201 Å². The first-order chi connectivity index (χ1) is 16.8. The molecule has 7 heteroatoms. The predicted molar refractivity (Wildman–Crippen MR) is 132 cm³/mol. The van der Waals surface area contributed by atoms with E-state index in [1.807, 2.05) is 31.2 Å². The van der Waals surface area contributed by atoms with Crippen LogP contribution in [0.4, 0.5) is 5.69 Å². The number of amides is 1. The normalized spacial score (nSPS) is 13.8. The summed E-state index contributed by atoms with van der Waals surface area (Å²) in [7, 11) is 1.63. The van der Waals surface area contributed by atoms with Crippen LogP contribution in [0.25, 0.3) is 22.3 Å². The summed E-state index contributed by atoms with van der Waals surface area (Å²) in [5.41, 5.74) is 2.64. The zero-order valence-corrected chi connectivity index (χ0v) is 19.5. The van der Waals surface area contributed by atoms with Crippen LogP contribution in [0.3, 0.4) is 0 Å². The lowest BCUT2D eigenvalue weighted by Crippen LogP contribution is -2.35. The van der Waals surface area contributed by atoms with Gasteiger partial charge in [0.15, 0.2) is 18.5 Å². The zero-order chi connectivity index (χ0) is 24.7. The minimum Gasteiger partial charge on any atom is -0.482 e. The fraction of sp³-hybridized carbons (Fsp3) is 0.179. The number of fused-ring (bicyclic) bond motifs is 2. The van der Waals surface area contributed by atoms with E-state index < -0.39 is 6.10 Å². The maximum Gasteiger partial charge on any atom is 0.264 e. The van der Waals surface area contributed by atoms with Crippen LogP contribution in [0.1, 0.15) is 22.8 Å². The second kappa shape index (κ2) is 8.76. The Bertz CT molecular complexity index is 1520. The molecular formula is C28H23NO6. The molecule has 1 unspecified atom stereocenters. The highest BCUT2D eigenvalue weighted by molar-refractivity contribution is 6.03. The number of hydrogen-bond acceptors (Lipinski definition) is 6. The molecule has 1 aromatic heterocycles. The van der Waals surface area contributed by atoms with Gasteiger partial charge in [0.25, 0.3) is 5.91 Å². The van der Waals surface area contributed by atoms with Gasteiger partial charge in [0.1, 0.15) is 11.3 Å². The third-order valence-corrected chi connectivity index (χ3v) is 6.06. The lowest BCUT2D eigenvalue weighted by molar-refractivity contribution is -0.120. The first kappa shape index (κ1) is 22.4. The van der Waals surface area contributed by atoms with Gasteiger partial charge in [0.2, 0.25) is 17.0 Å². The van der Waals surface area contributed by atoms with Gasteiger partial charge in [-0.05, 0) is 44.2 Å². The van der Waals surface area contributed by atoms with E-state index >= 15 is 0 Å². The van der Waals surface area contributed by atoms with Crippen LogP contribution in [0.15, 0.2) is 75.9 Å². The summed E-state index contributed by atoms with van der Waals surface area (Å²) in [6.45, 7) is 3.50. The first-order valence-electron chi connectivity index (χ1n) is 11.2. The van der Waals surface area contributed by atoms with Gasteiger partial charge in [0, 0.05) is 18.2 Å². The molecule has 0 fully saturated rings. The number of para-hydroxylation sites is 1. The number of carbonyl (C=O) groups excluding carboxylic acids is 2. The third kappa shape index (κ3) is 4.05. The summed E-state index contributed by atoms with van der Waals surface area (Å²) < 4.78 is 17.5. The Morgan fingerprint density at radius 2 is 1.77 bits per heavy atom. The van der Waals surface area contributed by atoms with Crippen LogP contribution in [0.5, 0.6) is 11.5 Å². The van der Waals surface area contributed by atoms with E-state index in [0.29, 0.717) is 33.5 Å². The lowest BCUT2D eigenvalue weighted by Gasteiger charge is -2.26. The number of anilines is 1. The van der Waals surface area contributed by atoms with Crippen molar-refractivity contribution in [2.24, 2.45) is 0 Å². The second-order valence-electron chi connectivity index (χ2n) is 8.50. The molecule has 1 aliphatic heterocycles. The van der Waals surface area contributed by atoms with Crippen molar-refractivity contribution >= 4 is 28.3 Å². The van der Waals surface area contributed by atoms with Crippen LogP contribution in [-0.2, 0) is 4.79 Å². The van der Waals surface area contributed by atoms with Gasteiger partial charge in [-0.25, -0.2) is 0 Å². The SMILES string of the molecule is Cc1ccc(-c2oc3ccccc3c(=O)c2OC(C)C(=O)c2ccc3c(c2)N(C)C(=O)CO3)cc1. The zero-order valence-electron chi connectivity index (χ0n) is 19.5. The van der Waals surface area contributed by atoms with Crippen LogP contribution in [-0.4, -0.2) is 31.4 Å². The molecule has 0 aliphatic carbocycles. The Kier molecular flexibility index (Phi) is 5.61. The van der Waals surface area contributed by atoms with E-state index in [2.05, 4.69) is 0 Å². The average molecular weight is 469 g/mol. The van der Waals surface area contributed by atoms with Crippen molar-refractivity contribution < 1.29 is 23.5 Å². The molecule has 0 radical (unpaired) electrons. The van der Waals surface area contributed by atoms with Gasteiger partial charge < -0.3 is 18.8 Å². The fourth-order valence-corrected chi connectivity index (χ4v) is 4.02. The Morgan fingerprint density at radius 1 is 1.03 bits per heavy atom. The van der Waals surface area contributed by atoms with Crippen molar-refractivity contribution in [2.45, 2.75) is 20.0 Å². The fourth-order valence-electron chi connectivity index (χ4n) is 4.02. The number of benzene rings is 3. The highest BCUT2D eigenvalue weighted by Crippen LogP contribution is 2.34. The Morgan fingerprint density at radius 3 is 2.54 bits per heavy atom. The summed E-state index contributed by atoms with van der Waals surface area (Å²) in [5.74, 6) is 0.207. The molecule has 1 aliphatic rings. The molecule has 5 rings (SSSR count). The number of Topliss-reactive ketones (excluding diaryl/α,β-unsaturated/α-hetero) is 1. The Balaban J connectivity index is 1.54. The van der Waals surface area contributed by atoms with Crippen molar-refractivity contribution in [3.63, 3.8) is 0 Å². The van der Waals surface area contributed by atoms with E-state index in [-0.39, 0.29) is 35.2 Å². The topological polar surface area (TPSA) is 86.0 Å². The number of hydrogen-bond donors (Lipinski definition) is 0. The van der Waals surface area contributed by atoms with Crippen LogP contribution < -0.4 is 19.8 Å². The molecule has 35 heavy (non-hydrogen) atoms. The van der Waals surface area contributed by atoms with Crippen molar-refractivity contribution in [1.29, 1.82) is 0 Å². The third-order valence-electron chi connectivity index (χ3n) is 6.06. The van der Waals surface area contributed by atoms with E-state index in [0.717, 1.165) is 5.56 Å². The average Bonchev–Trinajstić information content (AvgIpc) is 2.87. The number of ether oxygens (including phenoxy) is 2. The summed E-state index contributed by atoms with van der Waals surface area (Å²) in [5, 5.41) is 0.365. The molecule has 7 nitrogen and oxygen atoms in total. The summed E-state index contributed by atoms with van der Waals surface area (Å²) in [6, 6.07) is 19.3. The molecule has 0 bridgehead atoms. The van der Waals surface area contributed by atoms with Crippen molar-refractivity contribution in [3.05, 3.63) is 88.1 Å².